The van der Waals surface area contributed by atoms with Gasteiger partial charge in [-0.15, -0.1) is 0 Å². The first-order valence-corrected chi connectivity index (χ1v) is 16.9. The van der Waals surface area contributed by atoms with Gasteiger partial charge in [0.1, 0.15) is 35.2 Å². The predicted octanol–water partition coefficient (Wildman–Crippen LogP) is 9.03. The largest absolute Gasteiger partial charge is 0.496 e. The molecule has 2 aromatic rings. The van der Waals surface area contributed by atoms with Gasteiger partial charge in [0.05, 0.1) is 52.0 Å². The molecular formula is C38H58N2O6. The molecule has 0 spiro atoms. The molecule has 2 aromatic carbocycles. The molecule has 0 radical (unpaired) electrons. The number of hydrogen-bond acceptors (Lipinski definition) is 8. The lowest BCUT2D eigenvalue weighted by Gasteiger charge is -2.35. The first-order chi connectivity index (χ1) is 22.1. The first-order valence-electron chi connectivity index (χ1n) is 16.9. The zero-order chi connectivity index (χ0) is 33.6. The molecule has 8 heteroatoms. The maximum atomic E-state index is 5.89. The van der Waals surface area contributed by atoms with Crippen LogP contribution in [-0.4, -0.2) is 53.1 Å². The Hall–Kier alpha value is -3.42. The van der Waals surface area contributed by atoms with Gasteiger partial charge in [0.25, 0.3) is 0 Å². The molecule has 46 heavy (non-hydrogen) atoms. The van der Waals surface area contributed by atoms with E-state index in [9.17, 15) is 0 Å². The molecule has 0 saturated heterocycles. The minimum absolute atomic E-state index is 0.190. The van der Waals surface area contributed by atoms with Gasteiger partial charge in [-0.25, -0.2) is 0 Å². The third-order valence-electron chi connectivity index (χ3n) is 9.61. The van der Waals surface area contributed by atoms with Crippen LogP contribution in [-0.2, 0) is 9.68 Å². The Morgan fingerprint density at radius 3 is 1.17 bits per heavy atom. The van der Waals surface area contributed by atoms with Crippen LogP contribution in [0.5, 0.6) is 23.0 Å². The lowest BCUT2D eigenvalue weighted by molar-refractivity contribution is -0.0355. The van der Waals surface area contributed by atoms with Gasteiger partial charge in [0.15, 0.2) is 0 Å². The fourth-order valence-corrected chi connectivity index (χ4v) is 6.81. The Balaban J connectivity index is 0.000000250. The first kappa shape index (κ1) is 37.0. The van der Waals surface area contributed by atoms with Crippen LogP contribution in [0.1, 0.15) is 91.2 Å². The van der Waals surface area contributed by atoms with Crippen LogP contribution in [0.2, 0.25) is 0 Å². The molecule has 2 aliphatic rings. The van der Waals surface area contributed by atoms with Crippen LogP contribution in [0.15, 0.2) is 46.7 Å². The second kappa shape index (κ2) is 18.7. The van der Waals surface area contributed by atoms with Crippen LogP contribution >= 0.6 is 0 Å². The van der Waals surface area contributed by atoms with Crippen LogP contribution in [0.25, 0.3) is 0 Å². The molecule has 0 amide bonds. The van der Waals surface area contributed by atoms with E-state index < -0.39 is 0 Å². The van der Waals surface area contributed by atoms with Gasteiger partial charge in [0, 0.05) is 11.8 Å². The maximum absolute atomic E-state index is 5.89. The summed E-state index contributed by atoms with van der Waals surface area (Å²) < 4.78 is 21.5. The van der Waals surface area contributed by atoms with Crippen molar-refractivity contribution in [1.82, 2.24) is 0 Å². The highest BCUT2D eigenvalue weighted by Crippen LogP contribution is 2.37. The smallest absolute Gasteiger partial charge is 0.131 e. The Morgan fingerprint density at radius 2 is 0.891 bits per heavy atom. The quantitative estimate of drug-likeness (QED) is 0.170. The number of methoxy groups -OCH3 is 4. The molecule has 0 bridgehead atoms. The highest BCUT2D eigenvalue weighted by atomic mass is 16.6. The van der Waals surface area contributed by atoms with Gasteiger partial charge in [-0.1, -0.05) is 76.8 Å². The number of oxime groups is 2. The van der Waals surface area contributed by atoms with Crippen molar-refractivity contribution in [3.8, 4) is 23.0 Å². The molecule has 4 rings (SSSR count). The Labute approximate surface area is 277 Å². The van der Waals surface area contributed by atoms with Crippen LogP contribution < -0.4 is 18.9 Å². The zero-order valence-corrected chi connectivity index (χ0v) is 29.8. The lowest BCUT2D eigenvalue weighted by atomic mass is 9.75. The molecule has 256 valence electrons. The van der Waals surface area contributed by atoms with Gasteiger partial charge in [-0.05, 0) is 73.6 Å². The van der Waals surface area contributed by atoms with Crippen LogP contribution in [0.4, 0.5) is 0 Å². The normalized spacial score (nSPS) is 24.9. The van der Waals surface area contributed by atoms with Crippen molar-refractivity contribution >= 4 is 12.4 Å². The number of rotatable bonds is 12. The summed E-state index contributed by atoms with van der Waals surface area (Å²) in [5.74, 6) is 6.70. The summed E-state index contributed by atoms with van der Waals surface area (Å²) in [6.45, 7) is 13.7. The van der Waals surface area contributed by atoms with E-state index in [0.717, 1.165) is 47.0 Å². The topological polar surface area (TPSA) is 80.1 Å². The van der Waals surface area contributed by atoms with Gasteiger partial charge in [-0.3, -0.25) is 0 Å². The Kier molecular flexibility index (Phi) is 15.0. The second-order valence-corrected chi connectivity index (χ2v) is 13.6. The summed E-state index contributed by atoms with van der Waals surface area (Å²) in [4.78, 5) is 11.8. The SMILES string of the molecule is COc1cccc(OC)c1/C=N/O[C@H]1C[C@H](C)CC[C@H]1C(C)C.COc1cccc(OC)c1/C=N/O[C@H]1C[C@H](C)CC[C@H]1C(C)C. The van der Waals surface area contributed by atoms with Gasteiger partial charge in [-0.2, -0.15) is 0 Å². The van der Waals surface area contributed by atoms with E-state index in [2.05, 4.69) is 51.9 Å². The summed E-state index contributed by atoms with van der Waals surface area (Å²) in [6.07, 6.45) is 10.9. The predicted molar refractivity (Wildman–Crippen MR) is 187 cm³/mol. The number of nitrogens with zero attached hydrogens (tertiary/aromatic N) is 2. The highest BCUT2D eigenvalue weighted by molar-refractivity contribution is 5.87. The molecule has 8 nitrogen and oxygen atoms in total. The summed E-state index contributed by atoms with van der Waals surface area (Å²) in [7, 11) is 6.57. The molecule has 0 aromatic heterocycles. The number of benzene rings is 2. The van der Waals surface area contributed by atoms with E-state index in [0.29, 0.717) is 35.5 Å². The number of hydrogen-bond donors (Lipinski definition) is 0. The molecule has 6 atom stereocenters. The summed E-state index contributed by atoms with van der Waals surface area (Å²) in [6, 6.07) is 11.4. The van der Waals surface area contributed by atoms with Gasteiger partial charge >= 0.3 is 0 Å². The monoisotopic (exact) mass is 638 g/mol. The van der Waals surface area contributed by atoms with Crippen molar-refractivity contribution in [2.24, 2.45) is 45.8 Å². The maximum Gasteiger partial charge on any atom is 0.131 e. The van der Waals surface area contributed by atoms with Gasteiger partial charge in [0.2, 0.25) is 0 Å². The molecule has 0 N–H and O–H groups in total. The van der Waals surface area contributed by atoms with E-state index in [-0.39, 0.29) is 12.2 Å². The van der Waals surface area contributed by atoms with Crippen LogP contribution in [0.3, 0.4) is 0 Å². The minimum atomic E-state index is 0.190. The molecule has 0 heterocycles. The van der Waals surface area contributed by atoms with Gasteiger partial charge < -0.3 is 28.6 Å². The number of ether oxygens (including phenoxy) is 4. The molecule has 2 aliphatic carbocycles. The second-order valence-electron chi connectivity index (χ2n) is 13.6. The minimum Gasteiger partial charge on any atom is -0.496 e. The average Bonchev–Trinajstić information content (AvgIpc) is 3.04. The van der Waals surface area contributed by atoms with E-state index in [1.54, 1.807) is 40.9 Å². The summed E-state index contributed by atoms with van der Waals surface area (Å²) in [5, 5.41) is 8.53. The third kappa shape index (κ3) is 10.3. The molecule has 2 saturated carbocycles. The standard InChI is InChI=1S/2C19H29NO3/c2*1-13(2)15-10-9-14(3)11-19(15)23-20-12-16-17(21-4)7-6-8-18(16)22-5/h2*6-8,12-15,19H,9-11H2,1-5H3/b2*20-12+/t2*14-,15+,19+/m11/s1. The van der Waals surface area contributed by atoms with E-state index >= 15 is 0 Å². The van der Waals surface area contributed by atoms with Crippen LogP contribution in [0, 0.1) is 35.5 Å². The molecular weight excluding hydrogens is 580 g/mol. The summed E-state index contributed by atoms with van der Waals surface area (Å²) in [5.41, 5.74) is 1.62. The van der Waals surface area contributed by atoms with Crippen molar-refractivity contribution in [2.45, 2.75) is 92.3 Å². The van der Waals surface area contributed by atoms with E-state index in [1.165, 1.54) is 25.7 Å². The van der Waals surface area contributed by atoms with E-state index in [4.69, 9.17) is 28.6 Å². The fourth-order valence-electron chi connectivity index (χ4n) is 6.81. The lowest BCUT2D eigenvalue weighted by Crippen LogP contribution is -2.33. The van der Waals surface area contributed by atoms with Crippen molar-refractivity contribution in [3.05, 3.63) is 47.5 Å². The average molecular weight is 639 g/mol. The van der Waals surface area contributed by atoms with Crippen molar-refractivity contribution < 1.29 is 28.6 Å². The fraction of sp³-hybridized carbons (Fsp3) is 0.632. The third-order valence-corrected chi connectivity index (χ3v) is 9.61. The highest BCUT2D eigenvalue weighted by Gasteiger charge is 2.33. The van der Waals surface area contributed by atoms with Crippen molar-refractivity contribution in [3.63, 3.8) is 0 Å². The molecule has 0 aliphatic heterocycles. The molecule has 2 fully saturated rings. The summed E-state index contributed by atoms with van der Waals surface area (Å²) >= 11 is 0. The zero-order valence-electron chi connectivity index (χ0n) is 29.8. The Bertz CT molecular complexity index is 1110. The van der Waals surface area contributed by atoms with Crippen molar-refractivity contribution in [1.29, 1.82) is 0 Å². The Morgan fingerprint density at radius 1 is 0.565 bits per heavy atom. The van der Waals surface area contributed by atoms with E-state index in [1.807, 2.05) is 36.4 Å². The molecule has 0 unspecified atom stereocenters. The van der Waals surface area contributed by atoms with Crippen molar-refractivity contribution in [2.75, 3.05) is 28.4 Å².